The Morgan fingerprint density at radius 1 is 1.10 bits per heavy atom. The van der Waals surface area contributed by atoms with Gasteiger partial charge < -0.3 is 5.73 Å². The first kappa shape index (κ1) is 10.3. The summed E-state index contributed by atoms with van der Waals surface area (Å²) < 4.78 is 0. The maximum atomic E-state index is 5.36. The minimum atomic E-state index is 0.860. The first-order valence-corrected chi connectivity index (χ1v) is 5.35. The molecule has 0 aliphatic heterocycles. The molecule has 0 heterocycles. The van der Waals surface area contributed by atoms with E-state index >= 15 is 0 Å². The van der Waals surface area contributed by atoms with Crippen molar-refractivity contribution in [3.63, 3.8) is 0 Å². The second-order valence-corrected chi connectivity index (χ2v) is 3.69. The monoisotopic (exact) mass is 161 g/mol. The van der Waals surface area contributed by atoms with Crippen molar-refractivity contribution >= 4 is 11.8 Å². The van der Waals surface area contributed by atoms with Crippen molar-refractivity contribution in [2.45, 2.75) is 32.6 Å². The fraction of sp³-hybridized carbons (Fsp3) is 1.00. The van der Waals surface area contributed by atoms with Gasteiger partial charge in [0.2, 0.25) is 0 Å². The molecule has 0 aliphatic rings. The fourth-order valence-electron chi connectivity index (χ4n) is 0.772. The Morgan fingerprint density at radius 2 is 1.90 bits per heavy atom. The van der Waals surface area contributed by atoms with Crippen molar-refractivity contribution in [1.82, 2.24) is 0 Å². The van der Waals surface area contributed by atoms with Gasteiger partial charge in [0, 0.05) is 0 Å². The topological polar surface area (TPSA) is 26.0 Å². The van der Waals surface area contributed by atoms with Crippen LogP contribution in [0.25, 0.3) is 0 Å². The molecule has 2 heteroatoms. The van der Waals surface area contributed by atoms with Crippen LogP contribution in [-0.2, 0) is 0 Å². The third-order valence-corrected chi connectivity index (χ3v) is 2.62. The molecule has 62 valence electrons. The SMILES string of the molecule is CCCSCCCCCN. The molecule has 0 aromatic heterocycles. The molecule has 1 nitrogen and oxygen atoms in total. The van der Waals surface area contributed by atoms with E-state index in [1.165, 1.54) is 37.2 Å². The summed E-state index contributed by atoms with van der Waals surface area (Å²) in [5.74, 6) is 2.65. The van der Waals surface area contributed by atoms with Crippen LogP contribution in [0.3, 0.4) is 0 Å². The molecule has 10 heavy (non-hydrogen) atoms. The Kier molecular flexibility index (Phi) is 9.60. The summed E-state index contributed by atoms with van der Waals surface area (Å²) in [6.45, 7) is 3.09. The molecule has 0 bridgehead atoms. The van der Waals surface area contributed by atoms with Crippen LogP contribution >= 0.6 is 11.8 Å². The average Bonchev–Trinajstić information content (AvgIpc) is 1.97. The summed E-state index contributed by atoms with van der Waals surface area (Å²) in [4.78, 5) is 0. The number of thioether (sulfide) groups is 1. The van der Waals surface area contributed by atoms with Gasteiger partial charge in [-0.2, -0.15) is 11.8 Å². The Bertz CT molecular complexity index is 49.2. The van der Waals surface area contributed by atoms with Crippen LogP contribution < -0.4 is 5.73 Å². The van der Waals surface area contributed by atoms with Crippen LogP contribution in [0.1, 0.15) is 32.6 Å². The first-order valence-electron chi connectivity index (χ1n) is 4.19. The van der Waals surface area contributed by atoms with E-state index in [-0.39, 0.29) is 0 Å². The van der Waals surface area contributed by atoms with Crippen molar-refractivity contribution < 1.29 is 0 Å². The van der Waals surface area contributed by atoms with Crippen LogP contribution in [0.4, 0.5) is 0 Å². The zero-order chi connectivity index (χ0) is 7.66. The van der Waals surface area contributed by atoms with Gasteiger partial charge in [0.05, 0.1) is 0 Å². The van der Waals surface area contributed by atoms with Gasteiger partial charge in [0.25, 0.3) is 0 Å². The maximum Gasteiger partial charge on any atom is -0.00675 e. The summed E-state index contributed by atoms with van der Waals surface area (Å²) in [7, 11) is 0. The molecule has 0 fully saturated rings. The Hall–Kier alpha value is 0.310. The molecule has 0 saturated carbocycles. The Balaban J connectivity index is 2.65. The van der Waals surface area contributed by atoms with Gasteiger partial charge in [0.15, 0.2) is 0 Å². The van der Waals surface area contributed by atoms with Gasteiger partial charge in [-0.3, -0.25) is 0 Å². The summed E-state index contributed by atoms with van der Waals surface area (Å²) in [5, 5.41) is 0. The van der Waals surface area contributed by atoms with Gasteiger partial charge in [-0.1, -0.05) is 13.3 Å². The molecule has 0 unspecified atom stereocenters. The first-order chi connectivity index (χ1) is 4.91. The summed E-state index contributed by atoms with van der Waals surface area (Å²) >= 11 is 2.06. The Labute approximate surface area is 68.8 Å². The molecule has 0 aliphatic carbocycles. The molecule has 0 saturated heterocycles. The molecule has 0 radical (unpaired) electrons. The van der Waals surface area contributed by atoms with Gasteiger partial charge in [-0.15, -0.1) is 0 Å². The highest BCUT2D eigenvalue weighted by atomic mass is 32.2. The predicted molar refractivity (Wildman–Crippen MR) is 50.5 cm³/mol. The highest BCUT2D eigenvalue weighted by molar-refractivity contribution is 7.99. The summed E-state index contributed by atoms with van der Waals surface area (Å²) in [6.07, 6.45) is 5.17. The number of rotatable bonds is 7. The third-order valence-electron chi connectivity index (χ3n) is 1.34. The van der Waals surface area contributed by atoms with Gasteiger partial charge >= 0.3 is 0 Å². The van der Waals surface area contributed by atoms with Gasteiger partial charge in [-0.05, 0) is 37.3 Å². The maximum absolute atomic E-state index is 5.36. The van der Waals surface area contributed by atoms with E-state index in [0.29, 0.717) is 0 Å². The molecule has 0 amide bonds. The minimum absolute atomic E-state index is 0.860. The van der Waals surface area contributed by atoms with E-state index in [0.717, 1.165) is 6.54 Å². The van der Waals surface area contributed by atoms with Gasteiger partial charge in [-0.25, -0.2) is 0 Å². The van der Waals surface area contributed by atoms with Crippen molar-refractivity contribution in [1.29, 1.82) is 0 Å². The lowest BCUT2D eigenvalue weighted by atomic mass is 10.2. The Morgan fingerprint density at radius 3 is 2.50 bits per heavy atom. The van der Waals surface area contributed by atoms with E-state index in [1.54, 1.807) is 0 Å². The van der Waals surface area contributed by atoms with E-state index < -0.39 is 0 Å². The smallest absolute Gasteiger partial charge is 0.00675 e. The highest BCUT2D eigenvalue weighted by Gasteiger charge is 1.87. The molecule has 0 spiro atoms. The van der Waals surface area contributed by atoms with Crippen molar-refractivity contribution in [2.24, 2.45) is 5.73 Å². The summed E-state index contributed by atoms with van der Waals surface area (Å²) in [5.41, 5.74) is 5.36. The second-order valence-electron chi connectivity index (χ2n) is 2.46. The lowest BCUT2D eigenvalue weighted by molar-refractivity contribution is 0.732. The third kappa shape index (κ3) is 8.31. The normalized spacial score (nSPS) is 10.2. The number of hydrogen-bond donors (Lipinski definition) is 1. The molecular weight excluding hydrogens is 142 g/mol. The lowest BCUT2D eigenvalue weighted by Gasteiger charge is -1.97. The number of unbranched alkanes of at least 4 members (excludes halogenated alkanes) is 2. The molecule has 0 atom stereocenters. The standard InChI is InChI=1S/C8H19NS/c1-2-7-10-8-5-3-4-6-9/h2-9H2,1H3. The van der Waals surface area contributed by atoms with Crippen LogP contribution in [0.2, 0.25) is 0 Å². The highest BCUT2D eigenvalue weighted by Crippen LogP contribution is 2.06. The molecule has 2 N–H and O–H groups in total. The van der Waals surface area contributed by atoms with Crippen LogP contribution in [0, 0.1) is 0 Å². The average molecular weight is 161 g/mol. The van der Waals surface area contributed by atoms with Crippen molar-refractivity contribution in [3.05, 3.63) is 0 Å². The molecular formula is C8H19NS. The van der Waals surface area contributed by atoms with Gasteiger partial charge in [0.1, 0.15) is 0 Å². The van der Waals surface area contributed by atoms with E-state index in [4.69, 9.17) is 5.73 Å². The predicted octanol–water partition coefficient (Wildman–Crippen LogP) is 2.26. The number of hydrogen-bond acceptors (Lipinski definition) is 2. The van der Waals surface area contributed by atoms with Crippen molar-refractivity contribution in [3.8, 4) is 0 Å². The van der Waals surface area contributed by atoms with E-state index in [2.05, 4.69) is 18.7 Å². The minimum Gasteiger partial charge on any atom is -0.330 e. The molecule has 0 aromatic carbocycles. The van der Waals surface area contributed by atoms with Crippen molar-refractivity contribution in [2.75, 3.05) is 18.1 Å². The van der Waals surface area contributed by atoms with E-state index in [1.807, 2.05) is 0 Å². The summed E-state index contributed by atoms with van der Waals surface area (Å²) in [6, 6.07) is 0. The number of nitrogens with two attached hydrogens (primary N) is 1. The lowest BCUT2D eigenvalue weighted by Crippen LogP contribution is -1.97. The largest absolute Gasteiger partial charge is 0.330 e. The van der Waals surface area contributed by atoms with Crippen LogP contribution in [0.15, 0.2) is 0 Å². The zero-order valence-corrected chi connectivity index (χ0v) is 7.75. The van der Waals surface area contributed by atoms with Crippen LogP contribution in [0.5, 0.6) is 0 Å². The van der Waals surface area contributed by atoms with E-state index in [9.17, 15) is 0 Å². The fourth-order valence-corrected chi connectivity index (χ4v) is 1.67. The van der Waals surface area contributed by atoms with Crippen LogP contribution in [-0.4, -0.2) is 18.1 Å². The molecule has 0 aromatic rings. The molecule has 0 rings (SSSR count). The quantitative estimate of drug-likeness (QED) is 0.580. The second kappa shape index (κ2) is 9.31. The zero-order valence-electron chi connectivity index (χ0n) is 6.94.